The first-order valence-corrected chi connectivity index (χ1v) is 8.12. The zero-order valence-corrected chi connectivity index (χ0v) is 14.2. The number of carbonyl (C=O) groups excluding carboxylic acids is 2. The summed E-state index contributed by atoms with van der Waals surface area (Å²) < 4.78 is 0. The van der Waals surface area contributed by atoms with Gasteiger partial charge >= 0.3 is 0 Å². The predicted octanol–water partition coefficient (Wildman–Crippen LogP) is 0.367. The summed E-state index contributed by atoms with van der Waals surface area (Å²) in [4.78, 5) is 27.0. The number of carbonyl (C=O) groups is 2. The number of rotatable bonds is 5. The number of nitrogens with one attached hydrogen (secondary N) is 1. The van der Waals surface area contributed by atoms with Crippen molar-refractivity contribution in [2.75, 3.05) is 26.2 Å². The molecule has 1 aliphatic rings. The molecule has 0 saturated carbocycles. The lowest BCUT2D eigenvalue weighted by atomic mass is 10.1. The van der Waals surface area contributed by atoms with Crippen molar-refractivity contribution in [3.8, 4) is 6.07 Å². The molecule has 1 heterocycles. The van der Waals surface area contributed by atoms with Crippen LogP contribution < -0.4 is 5.32 Å². The first kappa shape index (κ1) is 18.5. The van der Waals surface area contributed by atoms with E-state index in [0.717, 1.165) is 11.1 Å². The second-order valence-corrected chi connectivity index (χ2v) is 5.82. The summed E-state index contributed by atoms with van der Waals surface area (Å²) in [6.07, 6.45) is 1.43. The van der Waals surface area contributed by atoms with Crippen molar-refractivity contribution in [1.82, 2.24) is 15.1 Å². The van der Waals surface area contributed by atoms with Gasteiger partial charge in [-0.3, -0.25) is 9.59 Å². The minimum absolute atomic E-state index is 0.00240. The molecule has 2 amide bonds. The van der Waals surface area contributed by atoms with Crippen LogP contribution in [0.25, 0.3) is 0 Å². The van der Waals surface area contributed by atoms with Crippen molar-refractivity contribution in [3.05, 3.63) is 47.2 Å². The van der Waals surface area contributed by atoms with E-state index >= 15 is 0 Å². The highest BCUT2D eigenvalue weighted by atomic mass is 16.3. The Hall–Kier alpha value is -2.85. The molecule has 0 radical (unpaired) electrons. The Bertz CT molecular complexity index is 683. The van der Waals surface area contributed by atoms with Crippen molar-refractivity contribution in [2.24, 2.45) is 0 Å². The quantitative estimate of drug-likeness (QED) is 0.595. The van der Waals surface area contributed by atoms with E-state index in [1.165, 1.54) is 13.1 Å². The highest BCUT2D eigenvalue weighted by molar-refractivity contribution is 5.97. The van der Waals surface area contributed by atoms with Gasteiger partial charge < -0.3 is 20.2 Å². The second-order valence-electron chi connectivity index (χ2n) is 5.82. The van der Waals surface area contributed by atoms with Crippen LogP contribution in [0.1, 0.15) is 18.1 Å². The van der Waals surface area contributed by atoms with E-state index < -0.39 is 0 Å². The normalized spacial score (nSPS) is 14.8. The van der Waals surface area contributed by atoms with Gasteiger partial charge in [0.15, 0.2) is 0 Å². The number of piperazine rings is 1. The minimum Gasteiger partial charge on any atom is -0.392 e. The molecule has 0 aromatic heterocycles. The molecule has 132 valence electrons. The van der Waals surface area contributed by atoms with E-state index in [0.29, 0.717) is 32.7 Å². The molecule has 2 N–H and O–H groups in total. The number of nitriles is 1. The fraction of sp³-hybridized carbons (Fsp3) is 0.389. The molecule has 25 heavy (non-hydrogen) atoms. The Morgan fingerprint density at radius 3 is 2.24 bits per heavy atom. The molecule has 1 aromatic carbocycles. The average Bonchev–Trinajstić information content (AvgIpc) is 2.65. The van der Waals surface area contributed by atoms with Crippen molar-refractivity contribution >= 4 is 11.8 Å². The van der Waals surface area contributed by atoms with Gasteiger partial charge in [-0.1, -0.05) is 24.3 Å². The molecule has 0 spiro atoms. The van der Waals surface area contributed by atoms with Crippen LogP contribution in [0.5, 0.6) is 0 Å². The number of benzene rings is 1. The molecule has 2 rings (SSSR count). The maximum absolute atomic E-state index is 12.4. The molecule has 0 atom stereocenters. The Morgan fingerprint density at radius 1 is 1.16 bits per heavy atom. The lowest BCUT2D eigenvalue weighted by molar-refractivity contribution is -0.136. The van der Waals surface area contributed by atoms with Gasteiger partial charge in [0.05, 0.1) is 6.61 Å². The summed E-state index contributed by atoms with van der Waals surface area (Å²) in [5, 5.41) is 21.2. The van der Waals surface area contributed by atoms with Crippen LogP contribution in [-0.4, -0.2) is 52.9 Å². The van der Waals surface area contributed by atoms with E-state index in [4.69, 9.17) is 5.11 Å². The lowest BCUT2D eigenvalue weighted by Crippen LogP contribution is -2.50. The Balaban J connectivity index is 1.89. The van der Waals surface area contributed by atoms with Gasteiger partial charge in [0.2, 0.25) is 5.91 Å². The number of aliphatic hydroxyl groups is 1. The van der Waals surface area contributed by atoms with Crippen LogP contribution >= 0.6 is 0 Å². The van der Waals surface area contributed by atoms with Crippen molar-refractivity contribution in [1.29, 1.82) is 5.26 Å². The number of nitrogens with zero attached hydrogens (tertiary/aromatic N) is 3. The minimum atomic E-state index is -0.325. The number of aliphatic hydroxyl groups excluding tert-OH is 1. The van der Waals surface area contributed by atoms with Crippen LogP contribution in [0.2, 0.25) is 0 Å². The molecule has 0 unspecified atom stereocenters. The zero-order valence-electron chi connectivity index (χ0n) is 14.2. The van der Waals surface area contributed by atoms with E-state index in [9.17, 15) is 14.9 Å². The summed E-state index contributed by atoms with van der Waals surface area (Å²) in [5.41, 5.74) is 1.86. The largest absolute Gasteiger partial charge is 0.392 e. The SMILES string of the molecule is CC(=O)N1CCN(C(=O)/C(C#N)=C\NCc2ccc(CO)cc2)CC1. The molecule has 1 aliphatic heterocycles. The molecule has 0 aliphatic carbocycles. The Labute approximate surface area is 147 Å². The van der Waals surface area contributed by atoms with Crippen LogP contribution in [0.4, 0.5) is 0 Å². The monoisotopic (exact) mass is 342 g/mol. The Morgan fingerprint density at radius 2 is 1.72 bits per heavy atom. The van der Waals surface area contributed by atoms with Gasteiger partial charge in [-0.15, -0.1) is 0 Å². The van der Waals surface area contributed by atoms with Crippen molar-refractivity contribution in [2.45, 2.75) is 20.1 Å². The Kier molecular flexibility index (Phi) is 6.54. The van der Waals surface area contributed by atoms with Crippen molar-refractivity contribution < 1.29 is 14.7 Å². The summed E-state index contributed by atoms with van der Waals surface area (Å²) in [6.45, 7) is 3.82. The topological polar surface area (TPSA) is 96.7 Å². The van der Waals surface area contributed by atoms with Gasteiger partial charge in [-0.05, 0) is 11.1 Å². The maximum Gasteiger partial charge on any atom is 0.266 e. The van der Waals surface area contributed by atoms with E-state index in [-0.39, 0.29) is 24.0 Å². The summed E-state index contributed by atoms with van der Waals surface area (Å²) in [6, 6.07) is 9.33. The van der Waals surface area contributed by atoms with Gasteiger partial charge in [0.1, 0.15) is 11.6 Å². The molecule has 0 bridgehead atoms. The van der Waals surface area contributed by atoms with Crippen LogP contribution in [-0.2, 0) is 22.7 Å². The molecular weight excluding hydrogens is 320 g/mol. The molecule has 1 saturated heterocycles. The predicted molar refractivity (Wildman–Crippen MR) is 91.7 cm³/mol. The highest BCUT2D eigenvalue weighted by Gasteiger charge is 2.24. The van der Waals surface area contributed by atoms with Gasteiger partial charge in [-0.25, -0.2) is 0 Å². The fourth-order valence-electron chi connectivity index (χ4n) is 2.57. The van der Waals surface area contributed by atoms with E-state index in [1.54, 1.807) is 9.80 Å². The highest BCUT2D eigenvalue weighted by Crippen LogP contribution is 2.08. The standard InChI is InChI=1S/C18H22N4O3/c1-14(24)21-6-8-22(9-7-21)18(25)17(10-19)12-20-11-15-2-4-16(13-23)5-3-15/h2-5,12,20,23H,6-9,11,13H2,1H3/b17-12-. The van der Waals surface area contributed by atoms with Gasteiger partial charge in [0, 0.05) is 45.8 Å². The number of amides is 2. The maximum atomic E-state index is 12.4. The zero-order chi connectivity index (χ0) is 18.2. The van der Waals surface area contributed by atoms with Gasteiger partial charge in [-0.2, -0.15) is 5.26 Å². The first-order chi connectivity index (χ1) is 12.0. The third kappa shape index (κ3) is 5.06. The van der Waals surface area contributed by atoms with Crippen molar-refractivity contribution in [3.63, 3.8) is 0 Å². The average molecular weight is 342 g/mol. The third-order valence-electron chi connectivity index (χ3n) is 4.12. The van der Waals surface area contributed by atoms with Gasteiger partial charge in [0.25, 0.3) is 5.91 Å². The van der Waals surface area contributed by atoms with E-state index in [2.05, 4.69) is 5.32 Å². The number of hydrogen-bond donors (Lipinski definition) is 2. The molecular formula is C18H22N4O3. The molecule has 7 nitrogen and oxygen atoms in total. The summed E-state index contributed by atoms with van der Waals surface area (Å²) in [5.74, 6) is -0.328. The third-order valence-corrected chi connectivity index (χ3v) is 4.12. The molecule has 1 aromatic rings. The smallest absolute Gasteiger partial charge is 0.266 e. The van der Waals surface area contributed by atoms with Crippen LogP contribution in [0, 0.1) is 11.3 Å². The fourth-order valence-corrected chi connectivity index (χ4v) is 2.57. The molecule has 7 heteroatoms. The first-order valence-electron chi connectivity index (χ1n) is 8.12. The number of hydrogen-bond acceptors (Lipinski definition) is 5. The van der Waals surface area contributed by atoms with Crippen LogP contribution in [0.15, 0.2) is 36.0 Å². The second kappa shape index (κ2) is 8.85. The van der Waals surface area contributed by atoms with Crippen LogP contribution in [0.3, 0.4) is 0 Å². The summed E-state index contributed by atoms with van der Waals surface area (Å²) in [7, 11) is 0. The molecule has 1 fully saturated rings. The van der Waals surface area contributed by atoms with E-state index in [1.807, 2.05) is 30.3 Å². The summed E-state index contributed by atoms with van der Waals surface area (Å²) >= 11 is 0. The lowest BCUT2D eigenvalue weighted by Gasteiger charge is -2.34.